The summed E-state index contributed by atoms with van der Waals surface area (Å²) in [6.45, 7) is 1.35. The number of hydrogen-bond acceptors (Lipinski definition) is 4. The van der Waals surface area contributed by atoms with Crippen LogP contribution in [0.15, 0.2) is 24.3 Å². The van der Waals surface area contributed by atoms with E-state index in [1.165, 1.54) is 9.70 Å². The molecule has 1 heterocycles. The molecule has 23 heavy (non-hydrogen) atoms. The van der Waals surface area contributed by atoms with Crippen molar-refractivity contribution in [2.75, 3.05) is 6.54 Å². The van der Waals surface area contributed by atoms with Crippen LogP contribution >= 0.6 is 11.6 Å². The zero-order valence-corrected chi connectivity index (χ0v) is 13.2. The van der Waals surface area contributed by atoms with E-state index >= 15 is 0 Å². The van der Waals surface area contributed by atoms with Gasteiger partial charge in [-0.05, 0) is 38.0 Å². The van der Waals surface area contributed by atoms with Crippen LogP contribution in [0.25, 0.3) is 5.69 Å². The molecule has 120 valence electrons. The summed E-state index contributed by atoms with van der Waals surface area (Å²) in [4.78, 5) is 26.3. The van der Waals surface area contributed by atoms with E-state index in [0.29, 0.717) is 16.4 Å². The molecule has 1 fully saturated rings. The minimum atomic E-state index is -1.04. The number of carboxylic acids is 1. The summed E-state index contributed by atoms with van der Waals surface area (Å²) in [7, 11) is 0. The van der Waals surface area contributed by atoms with Gasteiger partial charge in [0.2, 0.25) is 0 Å². The number of carbonyl (C=O) groups is 2. The molecule has 0 unspecified atom stereocenters. The van der Waals surface area contributed by atoms with Crippen molar-refractivity contribution in [2.45, 2.75) is 25.8 Å². The Labute approximate surface area is 137 Å². The largest absolute Gasteiger partial charge is 0.480 e. The first kappa shape index (κ1) is 15.5. The van der Waals surface area contributed by atoms with Gasteiger partial charge in [0.25, 0.3) is 5.91 Å². The third kappa shape index (κ3) is 3.34. The Bertz CT molecular complexity index is 770. The molecule has 1 aromatic carbocycles. The van der Waals surface area contributed by atoms with Crippen LogP contribution in [0.1, 0.15) is 29.0 Å². The number of aryl methyl sites for hydroxylation is 1. The van der Waals surface area contributed by atoms with Gasteiger partial charge in [0.1, 0.15) is 6.54 Å². The maximum atomic E-state index is 12.6. The minimum absolute atomic E-state index is 0.0191. The average molecular weight is 335 g/mol. The number of carbonyl (C=O) groups excluding carboxylic acids is 1. The third-order valence-corrected chi connectivity index (χ3v) is 3.81. The van der Waals surface area contributed by atoms with E-state index < -0.39 is 11.9 Å². The van der Waals surface area contributed by atoms with Crippen LogP contribution in [0.2, 0.25) is 5.02 Å². The third-order valence-electron chi connectivity index (χ3n) is 3.58. The predicted molar refractivity (Wildman–Crippen MR) is 82.8 cm³/mol. The first-order chi connectivity index (χ1) is 11.0. The lowest BCUT2D eigenvalue weighted by Gasteiger charge is -2.18. The molecule has 0 bridgehead atoms. The first-order valence-electron chi connectivity index (χ1n) is 7.18. The van der Waals surface area contributed by atoms with Gasteiger partial charge in [0.05, 0.1) is 11.4 Å². The zero-order chi connectivity index (χ0) is 16.6. The number of nitrogens with zero attached hydrogens (tertiary/aromatic N) is 4. The molecular weight excluding hydrogens is 320 g/mol. The Balaban J connectivity index is 1.90. The fourth-order valence-corrected chi connectivity index (χ4v) is 2.51. The summed E-state index contributed by atoms with van der Waals surface area (Å²) in [6.07, 6.45) is 1.64. The Kier molecular flexibility index (Phi) is 4.04. The summed E-state index contributed by atoms with van der Waals surface area (Å²) in [5, 5.41) is 18.0. The normalized spacial score (nSPS) is 13.8. The molecule has 0 aliphatic heterocycles. The summed E-state index contributed by atoms with van der Waals surface area (Å²) >= 11 is 5.95. The molecule has 1 N–H and O–H groups in total. The van der Waals surface area contributed by atoms with Gasteiger partial charge in [-0.2, -0.15) is 9.90 Å². The second-order valence-electron chi connectivity index (χ2n) is 5.46. The number of benzene rings is 1. The molecule has 0 saturated heterocycles. The molecule has 7 nitrogen and oxygen atoms in total. The maximum absolute atomic E-state index is 12.6. The average Bonchev–Trinajstić information content (AvgIpc) is 3.26. The highest BCUT2D eigenvalue weighted by Gasteiger charge is 2.36. The second-order valence-corrected chi connectivity index (χ2v) is 5.90. The molecule has 0 radical (unpaired) electrons. The van der Waals surface area contributed by atoms with E-state index in [2.05, 4.69) is 10.2 Å². The fourth-order valence-electron chi connectivity index (χ4n) is 2.33. The van der Waals surface area contributed by atoms with Gasteiger partial charge in [-0.15, -0.1) is 5.10 Å². The lowest BCUT2D eigenvalue weighted by Crippen LogP contribution is -2.38. The molecule has 1 saturated carbocycles. The topological polar surface area (TPSA) is 88.3 Å². The number of aliphatic carboxylic acids is 1. The number of rotatable bonds is 5. The van der Waals surface area contributed by atoms with Crippen molar-refractivity contribution in [2.24, 2.45) is 0 Å². The number of hydrogen-bond donors (Lipinski definition) is 1. The van der Waals surface area contributed by atoms with Crippen molar-refractivity contribution in [3.05, 3.63) is 40.7 Å². The van der Waals surface area contributed by atoms with Crippen molar-refractivity contribution in [3.63, 3.8) is 0 Å². The molecule has 3 rings (SSSR count). The van der Waals surface area contributed by atoms with Crippen LogP contribution < -0.4 is 0 Å². The Morgan fingerprint density at radius 2 is 2.13 bits per heavy atom. The highest BCUT2D eigenvalue weighted by atomic mass is 35.5. The van der Waals surface area contributed by atoms with E-state index in [0.717, 1.165) is 12.8 Å². The van der Waals surface area contributed by atoms with Crippen LogP contribution in [0, 0.1) is 6.92 Å². The minimum Gasteiger partial charge on any atom is -0.480 e. The van der Waals surface area contributed by atoms with Gasteiger partial charge >= 0.3 is 5.97 Å². The van der Waals surface area contributed by atoms with Gasteiger partial charge in [-0.1, -0.05) is 17.7 Å². The highest BCUT2D eigenvalue weighted by molar-refractivity contribution is 6.30. The van der Waals surface area contributed by atoms with E-state index in [-0.39, 0.29) is 18.3 Å². The number of carboxylic acid groups (broad SMARTS) is 1. The van der Waals surface area contributed by atoms with E-state index in [1.54, 1.807) is 31.2 Å². The quantitative estimate of drug-likeness (QED) is 0.902. The SMILES string of the molecule is Cc1nn(-c2cccc(Cl)c2)nc1C(=O)N(CC(=O)O)C1CC1. The van der Waals surface area contributed by atoms with Crippen molar-refractivity contribution in [1.82, 2.24) is 19.9 Å². The van der Waals surface area contributed by atoms with Crippen LogP contribution in [0.3, 0.4) is 0 Å². The number of aromatic nitrogens is 3. The van der Waals surface area contributed by atoms with E-state index in [4.69, 9.17) is 16.7 Å². The van der Waals surface area contributed by atoms with Crippen molar-refractivity contribution in [3.8, 4) is 5.69 Å². The van der Waals surface area contributed by atoms with Crippen LogP contribution in [-0.4, -0.2) is 49.5 Å². The van der Waals surface area contributed by atoms with Gasteiger partial charge in [-0.3, -0.25) is 9.59 Å². The number of amides is 1. The highest BCUT2D eigenvalue weighted by Crippen LogP contribution is 2.28. The molecular formula is C15H15ClN4O3. The smallest absolute Gasteiger partial charge is 0.323 e. The van der Waals surface area contributed by atoms with Gasteiger partial charge in [-0.25, -0.2) is 0 Å². The monoisotopic (exact) mass is 334 g/mol. The van der Waals surface area contributed by atoms with E-state index in [1.807, 2.05) is 0 Å². The van der Waals surface area contributed by atoms with Crippen LogP contribution in [0.4, 0.5) is 0 Å². The molecule has 1 aliphatic carbocycles. The van der Waals surface area contributed by atoms with Gasteiger partial charge in [0, 0.05) is 11.1 Å². The summed E-state index contributed by atoms with van der Waals surface area (Å²) < 4.78 is 0. The van der Waals surface area contributed by atoms with Gasteiger partial charge in [0.15, 0.2) is 5.69 Å². The summed E-state index contributed by atoms with van der Waals surface area (Å²) in [6, 6.07) is 6.93. The molecule has 1 aliphatic rings. The Morgan fingerprint density at radius 1 is 1.39 bits per heavy atom. The standard InChI is InChI=1S/C15H15ClN4O3/c1-9-14(15(23)19(8-13(21)22)11-5-6-11)18-20(17-9)12-4-2-3-10(16)7-12/h2-4,7,11H,5-6,8H2,1H3,(H,21,22). The van der Waals surface area contributed by atoms with Crippen LogP contribution in [-0.2, 0) is 4.79 Å². The van der Waals surface area contributed by atoms with E-state index in [9.17, 15) is 9.59 Å². The maximum Gasteiger partial charge on any atom is 0.323 e. The molecule has 0 spiro atoms. The van der Waals surface area contributed by atoms with Crippen molar-refractivity contribution >= 4 is 23.5 Å². The first-order valence-corrected chi connectivity index (χ1v) is 7.56. The Hall–Kier alpha value is -2.41. The fraction of sp³-hybridized carbons (Fsp3) is 0.333. The Morgan fingerprint density at radius 3 is 2.74 bits per heavy atom. The molecule has 0 atom stereocenters. The summed E-state index contributed by atoms with van der Waals surface area (Å²) in [5.41, 5.74) is 1.25. The molecule has 2 aromatic rings. The van der Waals surface area contributed by atoms with Crippen LogP contribution in [0.5, 0.6) is 0 Å². The lowest BCUT2D eigenvalue weighted by atomic mass is 10.3. The molecule has 8 heteroatoms. The predicted octanol–water partition coefficient (Wildman–Crippen LogP) is 1.92. The van der Waals surface area contributed by atoms with Crippen molar-refractivity contribution < 1.29 is 14.7 Å². The van der Waals surface area contributed by atoms with Crippen molar-refractivity contribution in [1.29, 1.82) is 0 Å². The summed E-state index contributed by atoms with van der Waals surface area (Å²) in [5.74, 6) is -1.44. The second kappa shape index (κ2) is 6.00. The lowest BCUT2D eigenvalue weighted by molar-refractivity contribution is -0.137. The molecule has 1 amide bonds. The molecule has 1 aromatic heterocycles. The zero-order valence-electron chi connectivity index (χ0n) is 12.4. The number of halogens is 1. The van der Waals surface area contributed by atoms with Gasteiger partial charge < -0.3 is 10.0 Å².